The standard InChI is InChI=1S/C14H27N3O/c1-14(5-2-3-6-14)13(18)17-9-4-8-16(10-7-15)11-12-17/h2-12,15H2,1H3. The van der Waals surface area contributed by atoms with Crippen LogP contribution >= 0.6 is 0 Å². The molecule has 4 heteroatoms. The molecule has 0 aromatic heterocycles. The molecule has 2 N–H and O–H groups in total. The van der Waals surface area contributed by atoms with Gasteiger partial charge in [0.25, 0.3) is 0 Å². The van der Waals surface area contributed by atoms with E-state index < -0.39 is 0 Å². The van der Waals surface area contributed by atoms with E-state index in [4.69, 9.17) is 5.73 Å². The molecule has 1 amide bonds. The number of hydrogen-bond donors (Lipinski definition) is 1. The third-order valence-electron chi connectivity index (χ3n) is 4.54. The maximum Gasteiger partial charge on any atom is 0.228 e. The first-order valence-electron chi connectivity index (χ1n) is 7.37. The average molecular weight is 253 g/mol. The summed E-state index contributed by atoms with van der Waals surface area (Å²) < 4.78 is 0. The van der Waals surface area contributed by atoms with Gasteiger partial charge in [0.2, 0.25) is 5.91 Å². The van der Waals surface area contributed by atoms with Gasteiger partial charge < -0.3 is 15.5 Å². The van der Waals surface area contributed by atoms with Crippen LogP contribution in [0.15, 0.2) is 0 Å². The van der Waals surface area contributed by atoms with Crippen LogP contribution in [0, 0.1) is 5.41 Å². The maximum absolute atomic E-state index is 12.6. The fourth-order valence-electron chi connectivity index (χ4n) is 3.33. The molecule has 0 aromatic rings. The Morgan fingerprint density at radius 2 is 1.83 bits per heavy atom. The van der Waals surface area contributed by atoms with E-state index in [2.05, 4.69) is 16.7 Å². The Kier molecular flexibility index (Phi) is 4.62. The summed E-state index contributed by atoms with van der Waals surface area (Å²) in [5.74, 6) is 0.398. The number of nitrogens with two attached hydrogens (primary N) is 1. The van der Waals surface area contributed by atoms with Gasteiger partial charge in [-0.1, -0.05) is 19.8 Å². The first-order valence-corrected chi connectivity index (χ1v) is 7.37. The predicted molar refractivity (Wildman–Crippen MR) is 73.3 cm³/mol. The number of hydrogen-bond acceptors (Lipinski definition) is 3. The minimum absolute atomic E-state index is 0.0664. The van der Waals surface area contributed by atoms with Gasteiger partial charge in [-0.2, -0.15) is 0 Å². The normalized spacial score (nSPS) is 25.1. The molecule has 0 radical (unpaired) electrons. The molecule has 0 unspecified atom stereocenters. The second-order valence-electron chi connectivity index (χ2n) is 6.04. The molecule has 1 aliphatic carbocycles. The molecule has 0 aromatic carbocycles. The first-order chi connectivity index (χ1) is 8.65. The van der Waals surface area contributed by atoms with Crippen LogP contribution in [0.1, 0.15) is 39.0 Å². The van der Waals surface area contributed by atoms with Crippen molar-refractivity contribution in [1.82, 2.24) is 9.80 Å². The van der Waals surface area contributed by atoms with E-state index in [0.717, 1.165) is 52.0 Å². The second kappa shape index (κ2) is 6.02. The molecule has 18 heavy (non-hydrogen) atoms. The van der Waals surface area contributed by atoms with Gasteiger partial charge in [0.05, 0.1) is 0 Å². The van der Waals surface area contributed by atoms with Gasteiger partial charge in [0.15, 0.2) is 0 Å². The Bertz CT molecular complexity index is 287. The zero-order chi connectivity index (χ0) is 13.0. The first kappa shape index (κ1) is 13.8. The quantitative estimate of drug-likeness (QED) is 0.818. The highest BCUT2D eigenvalue weighted by Crippen LogP contribution is 2.39. The summed E-state index contributed by atoms with van der Waals surface area (Å²) in [6, 6.07) is 0. The minimum atomic E-state index is -0.0664. The zero-order valence-electron chi connectivity index (χ0n) is 11.7. The highest BCUT2D eigenvalue weighted by Gasteiger charge is 2.39. The molecule has 1 saturated carbocycles. The number of rotatable bonds is 3. The van der Waals surface area contributed by atoms with Crippen molar-refractivity contribution < 1.29 is 4.79 Å². The zero-order valence-corrected chi connectivity index (χ0v) is 11.7. The maximum atomic E-state index is 12.6. The van der Waals surface area contributed by atoms with Crippen LogP contribution in [0.25, 0.3) is 0 Å². The lowest BCUT2D eigenvalue weighted by Gasteiger charge is -2.31. The van der Waals surface area contributed by atoms with E-state index >= 15 is 0 Å². The molecule has 2 aliphatic rings. The van der Waals surface area contributed by atoms with E-state index in [0.29, 0.717) is 12.5 Å². The third kappa shape index (κ3) is 3.04. The molecule has 1 heterocycles. The van der Waals surface area contributed by atoms with Crippen LogP contribution in [0.4, 0.5) is 0 Å². The summed E-state index contributed by atoms with van der Waals surface area (Å²) in [6.07, 6.45) is 5.68. The number of nitrogens with zero attached hydrogens (tertiary/aromatic N) is 2. The summed E-state index contributed by atoms with van der Waals surface area (Å²) in [6.45, 7) is 7.70. The molecule has 1 aliphatic heterocycles. The molecule has 4 nitrogen and oxygen atoms in total. The predicted octanol–water partition coefficient (Wildman–Crippen LogP) is 1.06. The number of carbonyl (C=O) groups is 1. The van der Waals surface area contributed by atoms with Gasteiger partial charge in [-0.25, -0.2) is 0 Å². The third-order valence-corrected chi connectivity index (χ3v) is 4.54. The Labute approximate surface area is 110 Å². The van der Waals surface area contributed by atoms with E-state index in [-0.39, 0.29) is 5.41 Å². The van der Waals surface area contributed by atoms with E-state index in [1.807, 2.05) is 0 Å². The van der Waals surface area contributed by atoms with Crippen LogP contribution in [-0.2, 0) is 4.79 Å². The van der Waals surface area contributed by atoms with Crippen LogP contribution in [0.3, 0.4) is 0 Å². The largest absolute Gasteiger partial charge is 0.341 e. The topological polar surface area (TPSA) is 49.6 Å². The molecule has 2 fully saturated rings. The van der Waals surface area contributed by atoms with Crippen molar-refractivity contribution in [3.63, 3.8) is 0 Å². The fraction of sp³-hybridized carbons (Fsp3) is 0.929. The van der Waals surface area contributed by atoms with E-state index in [1.165, 1.54) is 12.8 Å². The van der Waals surface area contributed by atoms with Gasteiger partial charge in [-0.15, -0.1) is 0 Å². The molecule has 0 spiro atoms. The van der Waals surface area contributed by atoms with Gasteiger partial charge in [0, 0.05) is 38.1 Å². The van der Waals surface area contributed by atoms with Gasteiger partial charge in [0.1, 0.15) is 0 Å². The fourth-order valence-corrected chi connectivity index (χ4v) is 3.33. The summed E-state index contributed by atoms with van der Waals surface area (Å²) in [5.41, 5.74) is 5.54. The smallest absolute Gasteiger partial charge is 0.228 e. The van der Waals surface area contributed by atoms with Gasteiger partial charge in [-0.05, 0) is 25.8 Å². The molecular formula is C14H27N3O. The molecule has 1 saturated heterocycles. The highest BCUT2D eigenvalue weighted by atomic mass is 16.2. The van der Waals surface area contributed by atoms with Crippen LogP contribution in [0.5, 0.6) is 0 Å². The van der Waals surface area contributed by atoms with E-state index in [9.17, 15) is 4.79 Å². The number of carbonyl (C=O) groups excluding carboxylic acids is 1. The molecule has 2 rings (SSSR count). The van der Waals surface area contributed by atoms with Crippen molar-refractivity contribution in [3.05, 3.63) is 0 Å². The van der Waals surface area contributed by atoms with Crippen LogP contribution in [0.2, 0.25) is 0 Å². The Balaban J connectivity index is 1.91. The van der Waals surface area contributed by atoms with Crippen molar-refractivity contribution >= 4 is 5.91 Å². The highest BCUT2D eigenvalue weighted by molar-refractivity contribution is 5.82. The Morgan fingerprint density at radius 3 is 2.50 bits per heavy atom. The molecular weight excluding hydrogens is 226 g/mol. The summed E-state index contributed by atoms with van der Waals surface area (Å²) in [5, 5.41) is 0. The van der Waals surface area contributed by atoms with Gasteiger partial charge >= 0.3 is 0 Å². The van der Waals surface area contributed by atoms with E-state index in [1.54, 1.807) is 0 Å². The minimum Gasteiger partial charge on any atom is -0.341 e. The second-order valence-corrected chi connectivity index (χ2v) is 6.04. The monoisotopic (exact) mass is 253 g/mol. The van der Waals surface area contributed by atoms with Crippen molar-refractivity contribution in [2.75, 3.05) is 39.3 Å². The summed E-state index contributed by atoms with van der Waals surface area (Å²) >= 11 is 0. The lowest BCUT2D eigenvalue weighted by Crippen LogP contribution is -2.43. The molecule has 104 valence electrons. The van der Waals surface area contributed by atoms with Crippen LogP contribution in [-0.4, -0.2) is 55.0 Å². The van der Waals surface area contributed by atoms with Crippen LogP contribution < -0.4 is 5.73 Å². The van der Waals surface area contributed by atoms with Crippen molar-refractivity contribution in [3.8, 4) is 0 Å². The van der Waals surface area contributed by atoms with Gasteiger partial charge in [-0.3, -0.25) is 4.79 Å². The summed E-state index contributed by atoms with van der Waals surface area (Å²) in [7, 11) is 0. The SMILES string of the molecule is CC1(C(=O)N2CCCN(CCN)CC2)CCCC1. The summed E-state index contributed by atoms with van der Waals surface area (Å²) in [4.78, 5) is 17.1. The lowest BCUT2D eigenvalue weighted by molar-refractivity contribution is -0.140. The molecule has 0 atom stereocenters. The Hall–Kier alpha value is -0.610. The average Bonchev–Trinajstić information content (AvgIpc) is 2.68. The molecule has 0 bridgehead atoms. The van der Waals surface area contributed by atoms with Crippen molar-refractivity contribution in [2.45, 2.75) is 39.0 Å². The lowest BCUT2D eigenvalue weighted by atomic mass is 9.87. The van der Waals surface area contributed by atoms with Crippen molar-refractivity contribution in [1.29, 1.82) is 0 Å². The van der Waals surface area contributed by atoms with Crippen molar-refractivity contribution in [2.24, 2.45) is 11.1 Å². The number of amides is 1. The Morgan fingerprint density at radius 1 is 1.11 bits per heavy atom.